The van der Waals surface area contributed by atoms with Crippen LogP contribution in [0.3, 0.4) is 0 Å². The van der Waals surface area contributed by atoms with Gasteiger partial charge >= 0.3 is 0 Å². The van der Waals surface area contributed by atoms with Crippen molar-refractivity contribution in [1.29, 1.82) is 0 Å². The molecule has 1 saturated carbocycles. The first-order valence-corrected chi connectivity index (χ1v) is 19.4. The van der Waals surface area contributed by atoms with Gasteiger partial charge in [-0.15, -0.1) is 0 Å². The van der Waals surface area contributed by atoms with Crippen molar-refractivity contribution < 1.29 is 4.79 Å². The number of carbonyl (C=O) groups is 1. The van der Waals surface area contributed by atoms with Crippen LogP contribution in [0.25, 0.3) is 16.9 Å². The first kappa shape index (κ1) is 34.6. The molecular weight excluding hydrogens is 651 g/mol. The van der Waals surface area contributed by atoms with Gasteiger partial charge in [0.15, 0.2) is 5.69 Å². The van der Waals surface area contributed by atoms with E-state index in [0.717, 1.165) is 49.7 Å². The van der Waals surface area contributed by atoms with E-state index in [1.807, 2.05) is 41.1 Å². The fourth-order valence-electron chi connectivity index (χ4n) is 8.32. The third-order valence-electron chi connectivity index (χ3n) is 11.2. The highest BCUT2D eigenvalue weighted by Gasteiger charge is 2.25. The van der Waals surface area contributed by atoms with Crippen LogP contribution in [0.4, 0.5) is 5.69 Å². The lowest BCUT2D eigenvalue weighted by Crippen LogP contribution is -2.48. The van der Waals surface area contributed by atoms with Crippen LogP contribution in [-0.4, -0.2) is 59.9 Å². The Morgan fingerprint density at radius 2 is 1.28 bits per heavy atom. The Bertz CT molecular complexity index is 2020. The summed E-state index contributed by atoms with van der Waals surface area (Å²) in [6.07, 6.45) is 6.55. The zero-order valence-corrected chi connectivity index (χ0v) is 30.5. The van der Waals surface area contributed by atoms with Crippen LogP contribution in [0, 0.1) is 0 Å². The van der Waals surface area contributed by atoms with Crippen molar-refractivity contribution in [1.82, 2.24) is 20.0 Å². The fourth-order valence-corrected chi connectivity index (χ4v) is 8.32. The lowest BCUT2D eigenvalue weighted by Gasteiger charge is -2.38. The summed E-state index contributed by atoms with van der Waals surface area (Å²) < 4.78 is 1.90. The predicted molar refractivity (Wildman–Crippen MR) is 216 cm³/mol. The van der Waals surface area contributed by atoms with Gasteiger partial charge < -0.3 is 10.2 Å². The Hall–Kier alpha value is -5.46. The number of para-hydroxylation sites is 2. The van der Waals surface area contributed by atoms with Gasteiger partial charge in [-0.2, -0.15) is 5.10 Å². The topological polar surface area (TPSA) is 53.4 Å². The molecule has 0 spiro atoms. The van der Waals surface area contributed by atoms with Crippen molar-refractivity contribution in [2.24, 2.45) is 0 Å². The summed E-state index contributed by atoms with van der Waals surface area (Å²) in [5.41, 5.74) is 10.0. The van der Waals surface area contributed by atoms with Crippen LogP contribution in [0.1, 0.15) is 76.7 Å². The first-order chi connectivity index (χ1) is 26.2. The molecule has 2 fully saturated rings. The fraction of sp³-hybridized carbons (Fsp3) is 0.277. The zero-order valence-electron chi connectivity index (χ0n) is 30.5. The number of hydrogen-bond donors (Lipinski definition) is 1. The largest absolute Gasteiger partial charge is 0.369 e. The van der Waals surface area contributed by atoms with Gasteiger partial charge in [0.2, 0.25) is 0 Å². The van der Waals surface area contributed by atoms with E-state index in [1.54, 1.807) is 0 Å². The molecule has 2 aliphatic rings. The summed E-state index contributed by atoms with van der Waals surface area (Å²) in [6, 6.07) is 51.5. The van der Waals surface area contributed by atoms with Crippen LogP contribution in [0.15, 0.2) is 146 Å². The molecule has 6 heteroatoms. The normalized spacial score (nSPS) is 15.5. The number of amides is 1. The van der Waals surface area contributed by atoms with Gasteiger partial charge in [-0.1, -0.05) is 141 Å². The molecule has 1 aliphatic carbocycles. The quantitative estimate of drug-likeness (QED) is 0.137. The predicted octanol–water partition coefficient (Wildman–Crippen LogP) is 9.32. The zero-order chi connectivity index (χ0) is 35.8. The Kier molecular flexibility index (Phi) is 10.8. The number of rotatable bonds is 11. The maximum absolute atomic E-state index is 13.5. The monoisotopic (exact) mass is 699 g/mol. The lowest BCUT2D eigenvalue weighted by atomic mass is 9.84. The molecule has 1 N–H and O–H groups in total. The van der Waals surface area contributed by atoms with E-state index in [0.29, 0.717) is 18.2 Å². The van der Waals surface area contributed by atoms with E-state index >= 15 is 0 Å². The van der Waals surface area contributed by atoms with Crippen molar-refractivity contribution in [3.63, 3.8) is 0 Å². The number of aromatic nitrogens is 2. The minimum absolute atomic E-state index is 0.139. The van der Waals surface area contributed by atoms with Gasteiger partial charge in [0.05, 0.1) is 11.4 Å². The van der Waals surface area contributed by atoms with E-state index in [-0.39, 0.29) is 11.8 Å². The van der Waals surface area contributed by atoms with Crippen molar-refractivity contribution in [3.8, 4) is 16.9 Å². The van der Waals surface area contributed by atoms with Gasteiger partial charge in [0.25, 0.3) is 5.91 Å². The number of nitrogens with zero attached hydrogens (tertiary/aromatic N) is 4. The minimum atomic E-state index is -0.139. The summed E-state index contributed by atoms with van der Waals surface area (Å²) in [4.78, 5) is 18.5. The summed E-state index contributed by atoms with van der Waals surface area (Å²) in [6.45, 7) is 5.12. The summed E-state index contributed by atoms with van der Waals surface area (Å²) in [5, 5.41) is 8.00. The molecule has 0 unspecified atom stereocenters. The Morgan fingerprint density at radius 3 is 1.94 bits per heavy atom. The molecule has 1 saturated heterocycles. The number of anilines is 1. The van der Waals surface area contributed by atoms with Crippen LogP contribution >= 0.6 is 0 Å². The third-order valence-corrected chi connectivity index (χ3v) is 11.2. The Labute approximate surface area is 314 Å². The molecule has 5 aromatic carbocycles. The lowest BCUT2D eigenvalue weighted by molar-refractivity contribution is 0.0942. The minimum Gasteiger partial charge on any atom is -0.369 e. The van der Waals surface area contributed by atoms with Crippen LogP contribution in [0.2, 0.25) is 0 Å². The smallest absolute Gasteiger partial charge is 0.271 e. The van der Waals surface area contributed by atoms with Crippen molar-refractivity contribution in [2.75, 3.05) is 44.2 Å². The number of nitrogens with one attached hydrogen (secondary N) is 1. The van der Waals surface area contributed by atoms with Gasteiger partial charge in [-0.25, -0.2) is 4.68 Å². The SMILES string of the molecule is O=C(NCCN1CCN(c2ccccc2C(c2ccccc2)c2ccccc2)CC1)c1cc(-c2ccc(C3CCCCC3)cc2)n(-c2ccccc2)n1. The maximum Gasteiger partial charge on any atom is 0.271 e. The molecule has 1 aromatic heterocycles. The molecule has 0 bridgehead atoms. The molecular formula is C47H49N5O. The van der Waals surface area contributed by atoms with E-state index in [2.05, 4.69) is 124 Å². The number of carbonyl (C=O) groups excluding carboxylic acids is 1. The second-order valence-electron chi connectivity index (χ2n) is 14.5. The van der Waals surface area contributed by atoms with Crippen LogP contribution < -0.4 is 10.2 Å². The van der Waals surface area contributed by atoms with Gasteiger partial charge in [-0.05, 0) is 65.3 Å². The van der Waals surface area contributed by atoms with Crippen LogP contribution in [-0.2, 0) is 0 Å². The van der Waals surface area contributed by atoms with E-state index in [4.69, 9.17) is 5.10 Å². The highest BCUT2D eigenvalue weighted by Crippen LogP contribution is 2.38. The first-order valence-electron chi connectivity index (χ1n) is 19.4. The van der Waals surface area contributed by atoms with Crippen molar-refractivity contribution >= 4 is 11.6 Å². The number of benzene rings is 5. The third kappa shape index (κ3) is 7.98. The molecule has 0 atom stereocenters. The molecule has 8 rings (SSSR count). The van der Waals surface area contributed by atoms with Gasteiger partial charge in [0.1, 0.15) is 0 Å². The molecule has 1 aliphatic heterocycles. The molecule has 53 heavy (non-hydrogen) atoms. The Balaban J connectivity index is 0.913. The molecule has 2 heterocycles. The number of piperazine rings is 1. The highest BCUT2D eigenvalue weighted by atomic mass is 16.1. The van der Waals surface area contributed by atoms with Gasteiger partial charge in [0, 0.05) is 56.4 Å². The Morgan fingerprint density at radius 1 is 0.679 bits per heavy atom. The van der Waals surface area contributed by atoms with Crippen molar-refractivity contribution in [3.05, 3.63) is 174 Å². The second-order valence-corrected chi connectivity index (χ2v) is 14.5. The highest BCUT2D eigenvalue weighted by molar-refractivity contribution is 5.93. The average molecular weight is 700 g/mol. The average Bonchev–Trinajstić information content (AvgIpc) is 3.69. The van der Waals surface area contributed by atoms with E-state index < -0.39 is 0 Å². The van der Waals surface area contributed by atoms with E-state index in [9.17, 15) is 4.79 Å². The number of hydrogen-bond acceptors (Lipinski definition) is 4. The van der Waals surface area contributed by atoms with Crippen molar-refractivity contribution in [2.45, 2.75) is 43.9 Å². The van der Waals surface area contributed by atoms with Crippen LogP contribution in [0.5, 0.6) is 0 Å². The summed E-state index contributed by atoms with van der Waals surface area (Å²) in [5.74, 6) is 0.678. The molecule has 1 amide bonds. The van der Waals surface area contributed by atoms with Gasteiger partial charge in [-0.3, -0.25) is 9.69 Å². The molecule has 268 valence electrons. The summed E-state index contributed by atoms with van der Waals surface area (Å²) in [7, 11) is 0. The molecule has 6 aromatic rings. The van der Waals surface area contributed by atoms with E-state index in [1.165, 1.54) is 60.0 Å². The summed E-state index contributed by atoms with van der Waals surface area (Å²) >= 11 is 0. The second kappa shape index (κ2) is 16.5. The molecule has 6 nitrogen and oxygen atoms in total. The molecule has 0 radical (unpaired) electrons. The maximum atomic E-state index is 13.5. The standard InChI is InChI=1S/C47H49N5O/c53-47(43-35-45(52(49-43)41-21-11-4-12-22-41)38-27-25-37(26-28-38)36-15-5-1-6-16-36)48-29-30-50-31-33-51(34-32-50)44-24-14-13-23-42(44)46(39-17-7-2-8-18-39)40-19-9-3-10-20-40/h2-4,7-14,17-28,35-36,46H,1,5-6,15-16,29-34H2,(H,48,53).